The Morgan fingerprint density at radius 3 is 2.42 bits per heavy atom. The van der Waals surface area contributed by atoms with Crippen LogP contribution in [0.25, 0.3) is 0 Å². The zero-order valence-corrected chi connectivity index (χ0v) is 8.15. The molecule has 0 aromatic heterocycles. The van der Waals surface area contributed by atoms with Crippen molar-refractivity contribution < 1.29 is 4.79 Å². The standard InChI is InChI=1S/C9H20N2O/c1-10-7-5-3-4-6-9(12)8-11-2/h10-11H,3-8H2,1-2H3. The van der Waals surface area contributed by atoms with Gasteiger partial charge >= 0.3 is 0 Å². The third kappa shape index (κ3) is 7.69. The SMILES string of the molecule is CNCCCCCC(=O)CNC. The van der Waals surface area contributed by atoms with E-state index in [-0.39, 0.29) is 0 Å². The zero-order chi connectivity index (χ0) is 9.23. The number of ketones is 1. The summed E-state index contributed by atoms with van der Waals surface area (Å²) in [5, 5.41) is 5.94. The average Bonchev–Trinajstić information content (AvgIpc) is 2.05. The lowest BCUT2D eigenvalue weighted by Crippen LogP contribution is -2.18. The van der Waals surface area contributed by atoms with Gasteiger partial charge in [0.25, 0.3) is 0 Å². The fourth-order valence-corrected chi connectivity index (χ4v) is 1.09. The lowest BCUT2D eigenvalue weighted by molar-refractivity contribution is -0.118. The van der Waals surface area contributed by atoms with Crippen LogP contribution < -0.4 is 10.6 Å². The number of Topliss-reactive ketones (excluding diaryl/α,β-unsaturated/α-hetero) is 1. The van der Waals surface area contributed by atoms with E-state index in [9.17, 15) is 4.79 Å². The van der Waals surface area contributed by atoms with Crippen LogP contribution in [-0.4, -0.2) is 33.0 Å². The van der Waals surface area contributed by atoms with E-state index >= 15 is 0 Å². The fourth-order valence-electron chi connectivity index (χ4n) is 1.09. The molecule has 0 spiro atoms. The van der Waals surface area contributed by atoms with Crippen LogP contribution in [-0.2, 0) is 4.79 Å². The van der Waals surface area contributed by atoms with Crippen molar-refractivity contribution in [2.24, 2.45) is 0 Å². The van der Waals surface area contributed by atoms with Crippen molar-refractivity contribution in [3.05, 3.63) is 0 Å². The van der Waals surface area contributed by atoms with Crippen molar-refractivity contribution in [2.75, 3.05) is 27.2 Å². The molecule has 0 aliphatic heterocycles. The zero-order valence-electron chi connectivity index (χ0n) is 8.15. The number of hydrogen-bond acceptors (Lipinski definition) is 3. The van der Waals surface area contributed by atoms with Crippen molar-refractivity contribution >= 4 is 5.78 Å². The number of likely N-dealkylation sites (N-methyl/N-ethyl adjacent to an activating group) is 1. The molecule has 0 radical (unpaired) electrons. The molecule has 0 fully saturated rings. The minimum atomic E-state index is 0.321. The van der Waals surface area contributed by atoms with E-state index in [1.54, 1.807) is 7.05 Å². The second-order valence-corrected chi connectivity index (χ2v) is 2.98. The Bertz CT molecular complexity index is 115. The molecular weight excluding hydrogens is 152 g/mol. The first kappa shape index (κ1) is 11.6. The highest BCUT2D eigenvalue weighted by Gasteiger charge is 1.98. The van der Waals surface area contributed by atoms with Crippen molar-refractivity contribution in [3.8, 4) is 0 Å². The Morgan fingerprint density at radius 1 is 1.08 bits per heavy atom. The maximum Gasteiger partial charge on any atom is 0.146 e. The molecule has 0 saturated heterocycles. The van der Waals surface area contributed by atoms with Gasteiger partial charge in [-0.1, -0.05) is 6.42 Å². The highest BCUT2D eigenvalue weighted by Crippen LogP contribution is 1.98. The van der Waals surface area contributed by atoms with Crippen LogP contribution in [0.4, 0.5) is 0 Å². The first-order valence-corrected chi connectivity index (χ1v) is 4.62. The lowest BCUT2D eigenvalue weighted by Gasteiger charge is -2.00. The molecule has 12 heavy (non-hydrogen) atoms. The predicted molar refractivity (Wildman–Crippen MR) is 51.3 cm³/mol. The van der Waals surface area contributed by atoms with Gasteiger partial charge in [-0.05, 0) is 33.5 Å². The highest BCUT2D eigenvalue weighted by molar-refractivity contribution is 5.80. The fraction of sp³-hybridized carbons (Fsp3) is 0.889. The maximum atomic E-state index is 11.0. The molecule has 0 heterocycles. The summed E-state index contributed by atoms with van der Waals surface area (Å²) < 4.78 is 0. The second kappa shape index (κ2) is 8.68. The molecule has 0 bridgehead atoms. The van der Waals surface area contributed by atoms with Gasteiger partial charge in [0.1, 0.15) is 5.78 Å². The molecule has 0 atom stereocenters. The van der Waals surface area contributed by atoms with Crippen LogP contribution in [0.3, 0.4) is 0 Å². The molecule has 0 saturated carbocycles. The molecule has 2 N–H and O–H groups in total. The molecule has 0 aromatic carbocycles. The summed E-state index contributed by atoms with van der Waals surface area (Å²) in [6.07, 6.45) is 4.08. The topological polar surface area (TPSA) is 41.1 Å². The van der Waals surface area contributed by atoms with Crippen molar-refractivity contribution in [3.63, 3.8) is 0 Å². The van der Waals surface area contributed by atoms with Crippen molar-refractivity contribution in [2.45, 2.75) is 25.7 Å². The number of unbranched alkanes of at least 4 members (excludes halogenated alkanes) is 2. The number of rotatable bonds is 8. The van der Waals surface area contributed by atoms with Crippen LogP contribution >= 0.6 is 0 Å². The normalized spacial score (nSPS) is 10.2. The van der Waals surface area contributed by atoms with Gasteiger partial charge in [-0.2, -0.15) is 0 Å². The van der Waals surface area contributed by atoms with E-state index < -0.39 is 0 Å². The molecule has 72 valence electrons. The molecular formula is C9H20N2O. The molecule has 0 aromatic rings. The predicted octanol–water partition coefficient (Wildman–Crippen LogP) is 0.555. The monoisotopic (exact) mass is 172 g/mol. The Morgan fingerprint density at radius 2 is 1.83 bits per heavy atom. The molecule has 0 aliphatic carbocycles. The highest BCUT2D eigenvalue weighted by atomic mass is 16.1. The van der Waals surface area contributed by atoms with E-state index in [0.717, 1.165) is 25.8 Å². The number of nitrogens with one attached hydrogen (secondary N) is 2. The van der Waals surface area contributed by atoms with E-state index in [1.807, 2.05) is 7.05 Å². The molecule has 3 nitrogen and oxygen atoms in total. The van der Waals surface area contributed by atoms with Crippen LogP contribution in [0.5, 0.6) is 0 Å². The third-order valence-electron chi connectivity index (χ3n) is 1.76. The Hall–Kier alpha value is -0.410. The first-order valence-electron chi connectivity index (χ1n) is 4.62. The Labute approximate surface area is 74.9 Å². The molecule has 0 amide bonds. The molecule has 0 aliphatic rings. The maximum absolute atomic E-state index is 11.0. The summed E-state index contributed by atoms with van der Waals surface area (Å²) in [4.78, 5) is 11.0. The smallest absolute Gasteiger partial charge is 0.146 e. The Balaban J connectivity index is 3.03. The minimum absolute atomic E-state index is 0.321. The van der Waals surface area contributed by atoms with Crippen molar-refractivity contribution in [1.82, 2.24) is 10.6 Å². The molecule has 0 rings (SSSR count). The van der Waals surface area contributed by atoms with E-state index in [0.29, 0.717) is 12.3 Å². The minimum Gasteiger partial charge on any atom is -0.320 e. The summed E-state index contributed by atoms with van der Waals surface area (Å²) in [6.45, 7) is 1.58. The van der Waals surface area contributed by atoms with Gasteiger partial charge in [-0.3, -0.25) is 4.79 Å². The van der Waals surface area contributed by atoms with Crippen LogP contribution in [0, 0.1) is 0 Å². The van der Waals surface area contributed by atoms with Gasteiger partial charge in [0.2, 0.25) is 0 Å². The van der Waals surface area contributed by atoms with Crippen LogP contribution in [0.2, 0.25) is 0 Å². The van der Waals surface area contributed by atoms with Crippen LogP contribution in [0.15, 0.2) is 0 Å². The average molecular weight is 172 g/mol. The summed E-state index contributed by atoms with van der Waals surface area (Å²) in [7, 11) is 3.76. The number of carbonyl (C=O) groups is 1. The van der Waals surface area contributed by atoms with Gasteiger partial charge in [0.05, 0.1) is 6.54 Å². The van der Waals surface area contributed by atoms with Gasteiger partial charge in [0.15, 0.2) is 0 Å². The second-order valence-electron chi connectivity index (χ2n) is 2.98. The van der Waals surface area contributed by atoms with Crippen LogP contribution in [0.1, 0.15) is 25.7 Å². The third-order valence-corrected chi connectivity index (χ3v) is 1.76. The van der Waals surface area contributed by atoms with Gasteiger partial charge in [0, 0.05) is 6.42 Å². The van der Waals surface area contributed by atoms with Gasteiger partial charge < -0.3 is 10.6 Å². The molecule has 0 unspecified atom stereocenters. The number of hydrogen-bond donors (Lipinski definition) is 2. The van der Waals surface area contributed by atoms with Gasteiger partial charge in [-0.25, -0.2) is 0 Å². The van der Waals surface area contributed by atoms with Gasteiger partial charge in [-0.15, -0.1) is 0 Å². The summed E-state index contributed by atoms with van der Waals surface area (Å²) in [5.74, 6) is 0.321. The number of carbonyl (C=O) groups excluding carboxylic acids is 1. The molecule has 3 heteroatoms. The quantitative estimate of drug-likeness (QED) is 0.525. The Kier molecular flexibility index (Phi) is 8.39. The summed E-state index contributed by atoms with van der Waals surface area (Å²) in [6, 6.07) is 0. The summed E-state index contributed by atoms with van der Waals surface area (Å²) in [5.41, 5.74) is 0. The van der Waals surface area contributed by atoms with E-state index in [4.69, 9.17) is 0 Å². The summed E-state index contributed by atoms with van der Waals surface area (Å²) >= 11 is 0. The van der Waals surface area contributed by atoms with Crippen molar-refractivity contribution in [1.29, 1.82) is 0 Å². The largest absolute Gasteiger partial charge is 0.320 e. The van der Waals surface area contributed by atoms with E-state index in [2.05, 4.69) is 10.6 Å². The van der Waals surface area contributed by atoms with E-state index in [1.165, 1.54) is 6.42 Å². The first-order chi connectivity index (χ1) is 5.81. The lowest BCUT2D eigenvalue weighted by atomic mass is 10.1.